The Morgan fingerprint density at radius 3 is 2.72 bits per heavy atom. The second kappa shape index (κ2) is 4.44. The van der Waals surface area contributed by atoms with Crippen LogP contribution in [-0.4, -0.2) is 10.9 Å². The molecule has 4 heteroatoms. The van der Waals surface area contributed by atoms with E-state index >= 15 is 0 Å². The summed E-state index contributed by atoms with van der Waals surface area (Å²) in [7, 11) is 0. The van der Waals surface area contributed by atoms with Gasteiger partial charge < -0.3 is 10.2 Å². The van der Waals surface area contributed by atoms with Gasteiger partial charge in [-0.25, -0.2) is 4.98 Å². The highest BCUT2D eigenvalue weighted by molar-refractivity contribution is 5.79. The van der Waals surface area contributed by atoms with Gasteiger partial charge in [-0.3, -0.25) is 4.79 Å². The Morgan fingerprint density at radius 1 is 1.39 bits per heavy atom. The van der Waals surface area contributed by atoms with Gasteiger partial charge in [-0.15, -0.1) is 0 Å². The molecule has 1 amide bonds. The summed E-state index contributed by atoms with van der Waals surface area (Å²) in [4.78, 5) is 15.3. The smallest absolute Gasteiger partial charge is 0.221 e. The van der Waals surface area contributed by atoms with E-state index in [1.165, 1.54) is 0 Å². The normalized spacial score (nSPS) is 11.9. The van der Waals surface area contributed by atoms with Crippen molar-refractivity contribution in [3.8, 4) is 0 Å². The molecule has 0 bridgehead atoms. The molecule has 4 nitrogen and oxygen atoms in total. The van der Waals surface area contributed by atoms with Gasteiger partial charge in [-0.05, 0) is 23.1 Å². The zero-order valence-electron chi connectivity index (χ0n) is 11.0. The van der Waals surface area contributed by atoms with Crippen LogP contribution >= 0.6 is 0 Å². The van der Waals surface area contributed by atoms with Crippen molar-refractivity contribution < 1.29 is 9.21 Å². The third-order valence-electron chi connectivity index (χ3n) is 2.56. The standard InChI is InChI=1S/C14H18N2O2/c1-14(2,3)8-13-16-10-6-9(7-12(15)17)4-5-11(10)18-13/h4-6H,7-8H2,1-3H3,(H2,15,17). The molecule has 0 saturated carbocycles. The first-order valence-electron chi connectivity index (χ1n) is 6.00. The molecule has 0 atom stereocenters. The fourth-order valence-electron chi connectivity index (χ4n) is 1.86. The van der Waals surface area contributed by atoms with Crippen LogP contribution in [0.1, 0.15) is 32.2 Å². The molecule has 18 heavy (non-hydrogen) atoms. The fourth-order valence-corrected chi connectivity index (χ4v) is 1.86. The number of oxazole rings is 1. The quantitative estimate of drug-likeness (QED) is 0.904. The van der Waals surface area contributed by atoms with Gasteiger partial charge in [0.15, 0.2) is 11.5 Å². The maximum atomic E-state index is 10.9. The number of benzene rings is 1. The average molecular weight is 246 g/mol. The zero-order chi connectivity index (χ0) is 13.3. The molecule has 2 aromatic rings. The summed E-state index contributed by atoms with van der Waals surface area (Å²) in [6, 6.07) is 5.54. The predicted octanol–water partition coefficient (Wildman–Crippen LogP) is 2.44. The second-order valence-corrected chi connectivity index (χ2v) is 5.79. The van der Waals surface area contributed by atoms with Gasteiger partial charge in [0.2, 0.25) is 5.91 Å². The first-order chi connectivity index (χ1) is 8.33. The van der Waals surface area contributed by atoms with Gasteiger partial charge in [-0.1, -0.05) is 26.8 Å². The molecule has 96 valence electrons. The minimum atomic E-state index is -0.340. The lowest BCUT2D eigenvalue weighted by Gasteiger charge is -2.14. The number of nitrogens with two attached hydrogens (primary N) is 1. The number of hydrogen-bond acceptors (Lipinski definition) is 3. The number of primary amides is 1. The highest BCUT2D eigenvalue weighted by Crippen LogP contribution is 2.24. The first kappa shape index (κ1) is 12.6. The molecule has 0 saturated heterocycles. The molecule has 0 aliphatic rings. The van der Waals surface area contributed by atoms with Gasteiger partial charge in [0.25, 0.3) is 0 Å². The molecule has 0 unspecified atom stereocenters. The minimum absolute atomic E-state index is 0.136. The van der Waals surface area contributed by atoms with E-state index in [-0.39, 0.29) is 17.7 Å². The van der Waals surface area contributed by atoms with Crippen LogP contribution in [0.25, 0.3) is 11.1 Å². The summed E-state index contributed by atoms with van der Waals surface area (Å²) in [6.45, 7) is 6.42. The van der Waals surface area contributed by atoms with Crippen LogP contribution < -0.4 is 5.73 Å². The highest BCUT2D eigenvalue weighted by Gasteiger charge is 2.16. The van der Waals surface area contributed by atoms with E-state index in [4.69, 9.17) is 10.2 Å². The Balaban J connectivity index is 2.31. The molecule has 0 aliphatic carbocycles. The molecular weight excluding hydrogens is 228 g/mol. The number of hydrogen-bond donors (Lipinski definition) is 1. The lowest BCUT2D eigenvalue weighted by atomic mass is 9.92. The average Bonchev–Trinajstić information content (AvgIpc) is 2.54. The number of fused-ring (bicyclic) bond motifs is 1. The molecule has 1 aromatic heterocycles. The summed E-state index contributed by atoms with van der Waals surface area (Å²) in [5.41, 5.74) is 7.71. The van der Waals surface area contributed by atoms with Crippen LogP contribution in [0.2, 0.25) is 0 Å². The molecule has 1 heterocycles. The van der Waals surface area contributed by atoms with Crippen molar-refractivity contribution in [1.82, 2.24) is 4.98 Å². The van der Waals surface area contributed by atoms with Gasteiger partial charge >= 0.3 is 0 Å². The second-order valence-electron chi connectivity index (χ2n) is 5.79. The zero-order valence-corrected chi connectivity index (χ0v) is 11.0. The molecule has 1 aromatic carbocycles. The molecule has 0 spiro atoms. The maximum absolute atomic E-state index is 10.9. The van der Waals surface area contributed by atoms with Crippen LogP contribution in [-0.2, 0) is 17.6 Å². The summed E-state index contributed by atoms with van der Waals surface area (Å²) in [6.07, 6.45) is 1.02. The third-order valence-corrected chi connectivity index (χ3v) is 2.56. The number of nitrogens with zero attached hydrogens (tertiary/aromatic N) is 1. The molecule has 0 radical (unpaired) electrons. The van der Waals surface area contributed by atoms with Crippen LogP contribution in [0.3, 0.4) is 0 Å². The number of carbonyl (C=O) groups excluding carboxylic acids is 1. The van der Waals surface area contributed by atoms with E-state index < -0.39 is 0 Å². The molecular formula is C14H18N2O2. The van der Waals surface area contributed by atoms with E-state index in [1.807, 2.05) is 18.2 Å². The van der Waals surface area contributed by atoms with Gasteiger partial charge in [-0.2, -0.15) is 0 Å². The molecule has 2 N–H and O–H groups in total. The van der Waals surface area contributed by atoms with Gasteiger partial charge in [0, 0.05) is 6.42 Å². The summed E-state index contributed by atoms with van der Waals surface area (Å²) < 4.78 is 5.68. The van der Waals surface area contributed by atoms with E-state index in [2.05, 4.69) is 25.8 Å². The van der Waals surface area contributed by atoms with Crippen molar-refractivity contribution in [2.75, 3.05) is 0 Å². The van der Waals surface area contributed by atoms with Crippen molar-refractivity contribution >= 4 is 17.0 Å². The van der Waals surface area contributed by atoms with Crippen LogP contribution in [0.15, 0.2) is 22.6 Å². The minimum Gasteiger partial charge on any atom is -0.441 e. The van der Waals surface area contributed by atoms with Crippen LogP contribution in [0.5, 0.6) is 0 Å². The largest absolute Gasteiger partial charge is 0.441 e. The first-order valence-corrected chi connectivity index (χ1v) is 6.00. The maximum Gasteiger partial charge on any atom is 0.221 e. The van der Waals surface area contributed by atoms with Crippen LogP contribution in [0.4, 0.5) is 0 Å². The van der Waals surface area contributed by atoms with E-state index in [0.29, 0.717) is 0 Å². The Bertz CT molecular complexity index is 579. The molecule has 2 rings (SSSR count). The van der Waals surface area contributed by atoms with Crippen LogP contribution in [0, 0.1) is 5.41 Å². The summed E-state index contributed by atoms with van der Waals surface area (Å²) >= 11 is 0. The Labute approximate surface area is 106 Å². The topological polar surface area (TPSA) is 69.1 Å². The number of carbonyl (C=O) groups is 1. The number of aromatic nitrogens is 1. The Kier molecular flexibility index (Phi) is 3.11. The monoisotopic (exact) mass is 246 g/mol. The van der Waals surface area contributed by atoms with Crippen molar-refractivity contribution in [3.05, 3.63) is 29.7 Å². The summed E-state index contributed by atoms with van der Waals surface area (Å²) in [5, 5.41) is 0. The number of amides is 1. The van der Waals surface area contributed by atoms with Crippen molar-refractivity contribution in [1.29, 1.82) is 0 Å². The Hall–Kier alpha value is -1.84. The lowest BCUT2D eigenvalue weighted by molar-refractivity contribution is -0.117. The molecule has 0 fully saturated rings. The van der Waals surface area contributed by atoms with E-state index in [9.17, 15) is 4.79 Å². The predicted molar refractivity (Wildman–Crippen MR) is 70.1 cm³/mol. The van der Waals surface area contributed by atoms with Gasteiger partial charge in [0.05, 0.1) is 6.42 Å². The van der Waals surface area contributed by atoms with E-state index in [1.54, 1.807) is 0 Å². The van der Waals surface area contributed by atoms with Gasteiger partial charge in [0.1, 0.15) is 5.52 Å². The van der Waals surface area contributed by atoms with E-state index in [0.717, 1.165) is 29.0 Å². The number of rotatable bonds is 3. The van der Waals surface area contributed by atoms with Crippen molar-refractivity contribution in [2.45, 2.75) is 33.6 Å². The SMILES string of the molecule is CC(C)(C)Cc1nc2cc(CC(N)=O)ccc2o1. The fraction of sp³-hybridized carbons (Fsp3) is 0.429. The molecule has 0 aliphatic heterocycles. The lowest BCUT2D eigenvalue weighted by Crippen LogP contribution is -2.13. The summed E-state index contributed by atoms with van der Waals surface area (Å²) in [5.74, 6) is 0.390. The van der Waals surface area contributed by atoms with Crippen molar-refractivity contribution in [2.24, 2.45) is 11.1 Å². The Morgan fingerprint density at radius 2 is 2.11 bits per heavy atom. The van der Waals surface area contributed by atoms with Crippen molar-refractivity contribution in [3.63, 3.8) is 0 Å². The highest BCUT2D eigenvalue weighted by atomic mass is 16.3. The third kappa shape index (κ3) is 3.09.